The van der Waals surface area contributed by atoms with Gasteiger partial charge in [0.25, 0.3) is 5.92 Å². The second-order valence-electron chi connectivity index (χ2n) is 6.38. The molecule has 0 aliphatic heterocycles. The number of hydrogen-bond donors (Lipinski definition) is 0. The smallest absolute Gasteiger partial charge is 0.296 e. The molecule has 0 atom stereocenters. The molecule has 0 saturated carbocycles. The van der Waals surface area contributed by atoms with Crippen LogP contribution in [0.15, 0.2) is 22.7 Å². The van der Waals surface area contributed by atoms with E-state index in [-0.39, 0.29) is 15.6 Å². The zero-order chi connectivity index (χ0) is 15.8. The van der Waals surface area contributed by atoms with E-state index in [9.17, 15) is 8.78 Å². The molecule has 0 heterocycles. The van der Waals surface area contributed by atoms with Crippen LogP contribution in [-0.4, -0.2) is 14.9 Å². The van der Waals surface area contributed by atoms with Crippen molar-refractivity contribution in [3.63, 3.8) is 0 Å². The van der Waals surface area contributed by atoms with Crippen LogP contribution >= 0.6 is 27.5 Å². The zero-order valence-electron chi connectivity index (χ0n) is 12.4. The van der Waals surface area contributed by atoms with Gasteiger partial charge in [0.15, 0.2) is 8.32 Å². The molecule has 0 spiro atoms. The number of benzene rings is 1. The molecule has 0 aliphatic rings. The predicted octanol–water partition coefficient (Wildman–Crippen LogP) is 6.22. The Labute approximate surface area is 133 Å². The molecular weight excluding hydrogens is 366 g/mol. The van der Waals surface area contributed by atoms with Gasteiger partial charge >= 0.3 is 0 Å². The third-order valence-corrected chi connectivity index (χ3v) is 9.03. The molecule has 0 aromatic heterocycles. The first-order valence-corrected chi connectivity index (χ1v) is 10.4. The summed E-state index contributed by atoms with van der Waals surface area (Å²) in [5, 5.41) is -0.0599. The number of rotatable bonds is 4. The minimum Gasteiger partial charge on any atom is -0.410 e. The van der Waals surface area contributed by atoms with E-state index in [0.717, 1.165) is 0 Å². The summed E-state index contributed by atoms with van der Waals surface area (Å²) >= 11 is 9.11. The van der Waals surface area contributed by atoms with Gasteiger partial charge in [-0.1, -0.05) is 54.4 Å². The zero-order valence-corrected chi connectivity index (χ0v) is 15.7. The van der Waals surface area contributed by atoms with Gasteiger partial charge in [0.1, 0.15) is 6.61 Å². The minimum atomic E-state index is -3.09. The highest BCUT2D eigenvalue weighted by Gasteiger charge is 2.42. The monoisotopic (exact) mass is 384 g/mol. The standard InChI is InChI=1S/C14H20BrClF2OSi/c1-13(2,3)20(4,5)19-9-14(17,18)11-7-6-10(15)8-12(11)16/h6-8H,9H2,1-5H3. The van der Waals surface area contributed by atoms with E-state index in [1.54, 1.807) is 6.07 Å². The average Bonchev–Trinajstić information content (AvgIpc) is 2.24. The lowest BCUT2D eigenvalue weighted by atomic mass is 10.1. The van der Waals surface area contributed by atoms with Gasteiger partial charge in [-0.3, -0.25) is 0 Å². The lowest BCUT2D eigenvalue weighted by molar-refractivity contribution is -0.0507. The van der Waals surface area contributed by atoms with Crippen LogP contribution in [0.2, 0.25) is 23.2 Å². The Morgan fingerprint density at radius 3 is 2.25 bits per heavy atom. The van der Waals surface area contributed by atoms with Crippen molar-refractivity contribution in [1.29, 1.82) is 0 Å². The fraction of sp³-hybridized carbons (Fsp3) is 0.571. The third kappa shape index (κ3) is 4.26. The van der Waals surface area contributed by atoms with Gasteiger partial charge in [0.2, 0.25) is 0 Å². The molecule has 1 aromatic carbocycles. The van der Waals surface area contributed by atoms with Crippen molar-refractivity contribution in [2.45, 2.75) is 44.8 Å². The maximum Gasteiger partial charge on any atom is 0.296 e. The second kappa shape index (κ2) is 6.03. The SMILES string of the molecule is CC(C)(C)[Si](C)(C)OCC(F)(F)c1ccc(Br)cc1Cl. The van der Waals surface area contributed by atoms with E-state index in [1.165, 1.54) is 12.1 Å². The van der Waals surface area contributed by atoms with Crippen LogP contribution in [0.25, 0.3) is 0 Å². The van der Waals surface area contributed by atoms with Crippen molar-refractivity contribution < 1.29 is 13.2 Å². The Bertz CT molecular complexity index is 487. The van der Waals surface area contributed by atoms with Gasteiger partial charge in [-0.15, -0.1) is 0 Å². The summed E-state index contributed by atoms with van der Waals surface area (Å²) in [6.45, 7) is 9.32. The van der Waals surface area contributed by atoms with Crippen LogP contribution in [0.5, 0.6) is 0 Å². The summed E-state index contributed by atoms with van der Waals surface area (Å²) in [7, 11) is -2.21. The third-order valence-electron chi connectivity index (χ3n) is 3.75. The average molecular weight is 386 g/mol. The predicted molar refractivity (Wildman–Crippen MR) is 86.2 cm³/mol. The van der Waals surface area contributed by atoms with E-state index in [4.69, 9.17) is 16.0 Å². The van der Waals surface area contributed by atoms with Gasteiger partial charge < -0.3 is 4.43 Å². The molecule has 1 nitrogen and oxygen atoms in total. The summed E-state index contributed by atoms with van der Waals surface area (Å²) in [5.41, 5.74) is -0.193. The van der Waals surface area contributed by atoms with E-state index < -0.39 is 20.8 Å². The van der Waals surface area contributed by atoms with Gasteiger partial charge in [0.05, 0.1) is 5.02 Å². The van der Waals surface area contributed by atoms with E-state index in [0.29, 0.717) is 4.47 Å². The highest BCUT2D eigenvalue weighted by molar-refractivity contribution is 9.10. The first-order valence-electron chi connectivity index (χ1n) is 6.34. The molecule has 0 unspecified atom stereocenters. The number of halogens is 4. The maximum absolute atomic E-state index is 14.3. The number of hydrogen-bond acceptors (Lipinski definition) is 1. The lowest BCUT2D eigenvalue weighted by Crippen LogP contribution is -2.43. The summed E-state index contributed by atoms with van der Waals surface area (Å²) in [4.78, 5) is 0. The molecule has 20 heavy (non-hydrogen) atoms. The van der Waals surface area contributed by atoms with Crippen LogP contribution in [0.4, 0.5) is 8.78 Å². The van der Waals surface area contributed by atoms with Crippen LogP contribution in [0.1, 0.15) is 26.3 Å². The molecule has 1 aromatic rings. The Kier molecular flexibility index (Phi) is 5.45. The molecule has 1 rings (SSSR count). The van der Waals surface area contributed by atoms with Gasteiger partial charge in [0, 0.05) is 10.0 Å². The van der Waals surface area contributed by atoms with Crippen LogP contribution in [-0.2, 0) is 10.3 Å². The Hall–Kier alpha value is 0.0269. The largest absolute Gasteiger partial charge is 0.410 e. The maximum atomic E-state index is 14.3. The Morgan fingerprint density at radius 2 is 1.80 bits per heavy atom. The molecule has 0 aliphatic carbocycles. The molecule has 0 saturated heterocycles. The van der Waals surface area contributed by atoms with Crippen LogP contribution < -0.4 is 0 Å². The quantitative estimate of drug-likeness (QED) is 0.559. The molecule has 6 heteroatoms. The first-order chi connectivity index (χ1) is 8.87. The minimum absolute atomic E-state index is 0.0446. The van der Waals surface area contributed by atoms with Crippen molar-refractivity contribution in [2.75, 3.05) is 6.61 Å². The lowest BCUT2D eigenvalue weighted by Gasteiger charge is -2.37. The van der Waals surface area contributed by atoms with Crippen molar-refractivity contribution in [3.8, 4) is 0 Å². The highest BCUT2D eigenvalue weighted by Crippen LogP contribution is 2.40. The summed E-state index contributed by atoms with van der Waals surface area (Å²) in [6, 6.07) is 4.36. The molecular formula is C14H20BrClF2OSi. The molecule has 0 N–H and O–H groups in total. The molecule has 0 radical (unpaired) electrons. The van der Waals surface area contributed by atoms with Crippen LogP contribution in [0, 0.1) is 0 Å². The molecule has 0 bridgehead atoms. The second-order valence-corrected chi connectivity index (χ2v) is 12.5. The molecule has 0 amide bonds. The van der Waals surface area contributed by atoms with E-state index >= 15 is 0 Å². The summed E-state index contributed by atoms with van der Waals surface area (Å²) in [6.07, 6.45) is 0. The highest BCUT2D eigenvalue weighted by atomic mass is 79.9. The topological polar surface area (TPSA) is 9.23 Å². The van der Waals surface area contributed by atoms with Gasteiger partial charge in [-0.2, -0.15) is 8.78 Å². The fourth-order valence-electron chi connectivity index (χ4n) is 1.35. The molecule has 114 valence electrons. The fourth-order valence-corrected chi connectivity index (χ4v) is 3.14. The summed E-state index contributed by atoms with van der Waals surface area (Å²) < 4.78 is 34.8. The first kappa shape index (κ1) is 18.1. The van der Waals surface area contributed by atoms with Crippen LogP contribution in [0.3, 0.4) is 0 Å². The van der Waals surface area contributed by atoms with Crippen molar-refractivity contribution >= 4 is 35.8 Å². The van der Waals surface area contributed by atoms with E-state index in [1.807, 2.05) is 33.9 Å². The Morgan fingerprint density at radius 1 is 1.25 bits per heavy atom. The normalized spacial score (nSPS) is 13.7. The number of alkyl halides is 2. The van der Waals surface area contributed by atoms with Crippen molar-refractivity contribution in [3.05, 3.63) is 33.3 Å². The van der Waals surface area contributed by atoms with Crippen molar-refractivity contribution in [1.82, 2.24) is 0 Å². The van der Waals surface area contributed by atoms with Crippen molar-refractivity contribution in [2.24, 2.45) is 0 Å². The van der Waals surface area contributed by atoms with Gasteiger partial charge in [-0.05, 0) is 30.3 Å². The van der Waals surface area contributed by atoms with E-state index in [2.05, 4.69) is 15.9 Å². The molecule has 0 fully saturated rings. The van der Waals surface area contributed by atoms with Gasteiger partial charge in [-0.25, -0.2) is 0 Å². The summed E-state index contributed by atoms with van der Waals surface area (Å²) in [5.74, 6) is -3.09. The Balaban J connectivity index is 2.90.